The highest BCUT2D eigenvalue weighted by atomic mass is 16.5. The number of nitrogens with one attached hydrogen (secondary N) is 2. The molecule has 0 radical (unpaired) electrons. The monoisotopic (exact) mass is 509 g/mol. The Hall–Kier alpha value is -4.09. The molecule has 4 N–H and O–H groups in total. The van der Waals surface area contributed by atoms with Crippen LogP contribution >= 0.6 is 0 Å². The maximum absolute atomic E-state index is 13.5. The number of carbonyl (C=O) groups is 2. The van der Waals surface area contributed by atoms with Crippen molar-refractivity contribution in [2.45, 2.75) is 19.1 Å². The predicted octanol–water partition coefficient (Wildman–Crippen LogP) is 2.08. The van der Waals surface area contributed by atoms with Crippen LogP contribution in [0.5, 0.6) is 11.5 Å². The molecule has 37 heavy (non-hydrogen) atoms. The van der Waals surface area contributed by atoms with Crippen LogP contribution in [0, 0.1) is 0 Å². The minimum atomic E-state index is -0.551. The molecule has 1 aliphatic rings. The van der Waals surface area contributed by atoms with Crippen molar-refractivity contribution in [1.29, 1.82) is 0 Å². The van der Waals surface area contributed by atoms with E-state index in [4.69, 9.17) is 9.47 Å². The number of hydrogen-bond acceptors (Lipinski definition) is 7. The molecule has 1 aliphatic heterocycles. The van der Waals surface area contributed by atoms with E-state index in [0.29, 0.717) is 30.2 Å². The molecule has 11 heteroatoms. The van der Waals surface area contributed by atoms with Crippen molar-refractivity contribution < 1.29 is 29.3 Å². The van der Waals surface area contributed by atoms with Crippen molar-refractivity contribution in [3.05, 3.63) is 60.4 Å². The summed E-state index contributed by atoms with van der Waals surface area (Å²) < 4.78 is 11.0. The summed E-state index contributed by atoms with van der Waals surface area (Å²) in [7, 11) is 1.56. The largest absolute Gasteiger partial charge is 0.497 e. The number of hydrogen-bond donors (Lipinski definition) is 4. The van der Waals surface area contributed by atoms with E-state index in [1.165, 1.54) is 4.90 Å². The number of amides is 3. The molecular weight excluding hydrogens is 478 g/mol. The smallest absolute Gasteiger partial charge is 0.322 e. The molecule has 196 valence electrons. The normalized spacial score (nSPS) is 14.9. The summed E-state index contributed by atoms with van der Waals surface area (Å²) >= 11 is 0. The lowest BCUT2D eigenvalue weighted by molar-refractivity contribution is -0.131. The van der Waals surface area contributed by atoms with Crippen LogP contribution < -0.4 is 14.8 Å². The molecule has 1 atom stereocenters. The van der Waals surface area contributed by atoms with E-state index >= 15 is 0 Å². The topological polar surface area (TPSA) is 140 Å². The summed E-state index contributed by atoms with van der Waals surface area (Å²) in [6, 6.07) is 12.0. The number of urea groups is 1. The molecule has 1 aromatic heterocycles. The lowest BCUT2D eigenvalue weighted by Gasteiger charge is -2.26. The van der Waals surface area contributed by atoms with Gasteiger partial charge in [-0.15, -0.1) is 0 Å². The van der Waals surface area contributed by atoms with Gasteiger partial charge in [-0.25, -0.2) is 4.79 Å². The van der Waals surface area contributed by atoms with Crippen molar-refractivity contribution in [3.63, 3.8) is 0 Å². The summed E-state index contributed by atoms with van der Waals surface area (Å²) in [5.74, 6) is 0.763. The van der Waals surface area contributed by atoms with Crippen molar-refractivity contribution in [2.75, 3.05) is 45.3 Å². The first kappa shape index (κ1) is 26.0. The molecule has 1 fully saturated rings. The molecule has 2 aromatic carbocycles. The average molecular weight is 510 g/mol. The van der Waals surface area contributed by atoms with E-state index in [9.17, 15) is 19.8 Å². The molecule has 3 aromatic rings. The first-order valence-electron chi connectivity index (χ1n) is 12.0. The van der Waals surface area contributed by atoms with E-state index in [1.54, 1.807) is 48.7 Å². The summed E-state index contributed by atoms with van der Waals surface area (Å²) in [6.45, 7) is 0.536. The molecule has 0 saturated carbocycles. The second-order valence-electron chi connectivity index (χ2n) is 8.69. The fraction of sp³-hybridized carbons (Fsp3) is 0.346. The fourth-order valence-corrected chi connectivity index (χ4v) is 4.11. The molecule has 0 spiro atoms. The van der Waals surface area contributed by atoms with Crippen LogP contribution in [0.3, 0.4) is 0 Å². The maximum atomic E-state index is 13.5. The number of H-pyrrole nitrogens is 1. The minimum Gasteiger partial charge on any atom is -0.497 e. The number of methoxy groups -OCH3 is 1. The van der Waals surface area contributed by atoms with Crippen molar-refractivity contribution in [2.24, 2.45) is 0 Å². The molecule has 2 heterocycles. The van der Waals surface area contributed by atoms with Crippen LogP contribution in [0.4, 0.5) is 10.5 Å². The van der Waals surface area contributed by atoms with Gasteiger partial charge in [-0.2, -0.15) is 5.10 Å². The van der Waals surface area contributed by atoms with Gasteiger partial charge >= 0.3 is 6.03 Å². The van der Waals surface area contributed by atoms with Crippen molar-refractivity contribution in [3.8, 4) is 22.6 Å². The Labute approximate surface area is 214 Å². The van der Waals surface area contributed by atoms with Crippen LogP contribution in [0.25, 0.3) is 11.1 Å². The van der Waals surface area contributed by atoms with Gasteiger partial charge in [0.25, 0.3) is 0 Å². The summed E-state index contributed by atoms with van der Waals surface area (Å²) in [6.07, 6.45) is 3.37. The number of rotatable bonds is 10. The number of aliphatic hydroxyl groups is 2. The fourth-order valence-electron chi connectivity index (χ4n) is 4.11. The second-order valence-corrected chi connectivity index (χ2v) is 8.69. The summed E-state index contributed by atoms with van der Waals surface area (Å²) in [5, 5.41) is 28.7. The van der Waals surface area contributed by atoms with Crippen LogP contribution in [0.1, 0.15) is 12.0 Å². The highest BCUT2D eigenvalue weighted by molar-refractivity contribution is 5.94. The molecule has 0 bridgehead atoms. The van der Waals surface area contributed by atoms with E-state index in [0.717, 1.165) is 16.7 Å². The molecule has 1 saturated heterocycles. The van der Waals surface area contributed by atoms with Gasteiger partial charge in [0.05, 0.1) is 31.7 Å². The Kier molecular flexibility index (Phi) is 8.60. The van der Waals surface area contributed by atoms with Crippen molar-refractivity contribution >= 4 is 17.6 Å². The lowest BCUT2D eigenvalue weighted by atomic mass is 10.1. The standard InChI is InChI=1S/C26H31N5O6/c1-36-22-4-2-3-18(11-22)15-31(17-25(34)30-8-7-21(33)16-30)26(35)29-23-6-5-19(20-13-27-28-14-20)12-24(23)37-10-9-32/h2-6,11-14,21,32-33H,7-10,15-17H2,1H3,(H,27,28)(H,29,35). The molecule has 1 unspecified atom stereocenters. The Balaban J connectivity index is 1.56. The van der Waals surface area contributed by atoms with Crippen molar-refractivity contribution in [1.82, 2.24) is 20.0 Å². The van der Waals surface area contributed by atoms with E-state index < -0.39 is 12.1 Å². The highest BCUT2D eigenvalue weighted by Gasteiger charge is 2.28. The van der Waals surface area contributed by atoms with E-state index in [1.807, 2.05) is 18.2 Å². The van der Waals surface area contributed by atoms with Gasteiger partial charge in [-0.05, 0) is 41.8 Å². The highest BCUT2D eigenvalue weighted by Crippen LogP contribution is 2.31. The van der Waals surface area contributed by atoms with Gasteiger partial charge in [0, 0.05) is 31.4 Å². The number of anilines is 1. The maximum Gasteiger partial charge on any atom is 0.322 e. The number of aromatic amines is 1. The average Bonchev–Trinajstić information content (AvgIpc) is 3.60. The first-order chi connectivity index (χ1) is 18.0. The van der Waals surface area contributed by atoms with Crippen LogP contribution in [0.2, 0.25) is 0 Å². The Morgan fingerprint density at radius 2 is 2.11 bits per heavy atom. The number of nitrogens with zero attached hydrogens (tertiary/aromatic N) is 3. The molecular formula is C26H31N5O6. The quantitative estimate of drug-likeness (QED) is 0.328. The van der Waals surface area contributed by atoms with Gasteiger partial charge in [-0.3, -0.25) is 9.89 Å². The minimum absolute atomic E-state index is 0.0427. The van der Waals surface area contributed by atoms with Gasteiger partial charge in [0.15, 0.2) is 0 Å². The number of β-amino-alcohol motifs (C(OH)–C–C–N with tert-alkyl or cyclic N) is 1. The Morgan fingerprint density at radius 1 is 1.24 bits per heavy atom. The van der Waals surface area contributed by atoms with Crippen LogP contribution in [-0.2, 0) is 11.3 Å². The van der Waals surface area contributed by atoms with Gasteiger partial charge in [-0.1, -0.05) is 18.2 Å². The zero-order valence-electron chi connectivity index (χ0n) is 20.6. The van der Waals surface area contributed by atoms with Gasteiger partial charge < -0.3 is 34.8 Å². The number of aliphatic hydroxyl groups excluding tert-OH is 2. The third kappa shape index (κ3) is 6.78. The second kappa shape index (κ2) is 12.2. The zero-order chi connectivity index (χ0) is 26.2. The number of benzene rings is 2. The Bertz CT molecular complexity index is 1200. The predicted molar refractivity (Wildman–Crippen MR) is 136 cm³/mol. The van der Waals surface area contributed by atoms with E-state index in [2.05, 4.69) is 15.5 Å². The number of likely N-dealkylation sites (tertiary alicyclic amines) is 1. The third-order valence-corrected chi connectivity index (χ3v) is 6.04. The van der Waals surface area contributed by atoms with E-state index in [-0.39, 0.29) is 38.8 Å². The molecule has 4 rings (SSSR count). The number of carbonyl (C=O) groups excluding carboxylic acids is 2. The zero-order valence-corrected chi connectivity index (χ0v) is 20.6. The number of aromatic nitrogens is 2. The SMILES string of the molecule is COc1cccc(CN(CC(=O)N2CCC(O)C2)C(=O)Nc2ccc(-c3cn[nH]c3)cc2OCCO)c1. The lowest BCUT2D eigenvalue weighted by Crippen LogP contribution is -2.43. The first-order valence-corrected chi connectivity index (χ1v) is 12.0. The molecule has 11 nitrogen and oxygen atoms in total. The number of ether oxygens (including phenoxy) is 2. The van der Waals surface area contributed by atoms with Gasteiger partial charge in [0.1, 0.15) is 24.7 Å². The van der Waals surface area contributed by atoms with Crippen LogP contribution in [-0.4, -0.2) is 88.2 Å². The van der Waals surface area contributed by atoms with Gasteiger partial charge in [0.2, 0.25) is 5.91 Å². The molecule has 3 amide bonds. The Morgan fingerprint density at radius 3 is 2.81 bits per heavy atom. The third-order valence-electron chi connectivity index (χ3n) is 6.04. The summed E-state index contributed by atoms with van der Waals surface area (Å²) in [4.78, 5) is 29.4. The molecule has 0 aliphatic carbocycles. The van der Waals surface area contributed by atoms with Crippen LogP contribution in [0.15, 0.2) is 54.9 Å². The summed E-state index contributed by atoms with van der Waals surface area (Å²) in [5.41, 5.74) is 2.83.